The molecule has 1 amide bonds. The molecule has 0 spiro atoms. The number of pyridine rings is 1. The fraction of sp³-hybridized carbons (Fsp3) is 0.455. The molecule has 0 unspecified atom stereocenters. The molecule has 0 radical (unpaired) electrons. The van der Waals surface area contributed by atoms with Gasteiger partial charge in [0.2, 0.25) is 0 Å². The summed E-state index contributed by atoms with van der Waals surface area (Å²) in [6.07, 6.45) is 2.53. The predicted octanol–water partition coefficient (Wildman–Crippen LogP) is 1.77. The summed E-state index contributed by atoms with van der Waals surface area (Å²) >= 11 is 3.28. The van der Waals surface area contributed by atoms with Gasteiger partial charge in [0.25, 0.3) is 11.5 Å². The molecule has 5 heteroatoms. The highest BCUT2D eigenvalue weighted by atomic mass is 79.9. The summed E-state index contributed by atoms with van der Waals surface area (Å²) in [6.45, 7) is 4.95. The maximum Gasteiger partial charge on any atom is 0.263 e. The summed E-state index contributed by atoms with van der Waals surface area (Å²) < 4.78 is 2.24. The van der Waals surface area contributed by atoms with E-state index in [2.05, 4.69) is 21.2 Å². The SMILES string of the molecule is CCCNC(=O)c1cc(Br)cn(CC)c1=O. The van der Waals surface area contributed by atoms with E-state index in [0.717, 1.165) is 10.9 Å². The number of rotatable bonds is 4. The van der Waals surface area contributed by atoms with E-state index in [4.69, 9.17) is 0 Å². The Hall–Kier alpha value is -1.10. The number of amides is 1. The van der Waals surface area contributed by atoms with Crippen LogP contribution in [0.2, 0.25) is 0 Å². The molecule has 88 valence electrons. The number of halogens is 1. The average molecular weight is 287 g/mol. The standard InChI is InChI=1S/C11H15BrN2O2/c1-3-5-13-10(15)9-6-8(12)7-14(4-2)11(9)16/h6-7H,3-5H2,1-2H3,(H,13,15). The highest BCUT2D eigenvalue weighted by Crippen LogP contribution is 2.08. The van der Waals surface area contributed by atoms with Crippen molar-refractivity contribution >= 4 is 21.8 Å². The number of nitrogens with zero attached hydrogens (tertiary/aromatic N) is 1. The van der Waals surface area contributed by atoms with Gasteiger partial charge in [-0.25, -0.2) is 0 Å². The van der Waals surface area contributed by atoms with E-state index in [-0.39, 0.29) is 17.0 Å². The normalized spacial score (nSPS) is 10.2. The van der Waals surface area contributed by atoms with E-state index in [0.29, 0.717) is 13.1 Å². The molecule has 0 fully saturated rings. The van der Waals surface area contributed by atoms with E-state index in [9.17, 15) is 9.59 Å². The molecule has 4 nitrogen and oxygen atoms in total. The molecular formula is C11H15BrN2O2. The van der Waals surface area contributed by atoms with Crippen molar-refractivity contribution in [2.45, 2.75) is 26.8 Å². The topological polar surface area (TPSA) is 51.1 Å². The molecule has 0 saturated carbocycles. The Bertz CT molecular complexity index is 440. The minimum Gasteiger partial charge on any atom is -0.352 e. The first-order chi connectivity index (χ1) is 7.60. The van der Waals surface area contributed by atoms with Gasteiger partial charge < -0.3 is 9.88 Å². The summed E-state index contributed by atoms with van der Waals surface area (Å²) in [5, 5.41) is 2.69. The van der Waals surface area contributed by atoms with Crippen molar-refractivity contribution in [2.75, 3.05) is 6.54 Å². The van der Waals surface area contributed by atoms with Crippen LogP contribution >= 0.6 is 15.9 Å². The number of hydrogen-bond donors (Lipinski definition) is 1. The third kappa shape index (κ3) is 2.95. The van der Waals surface area contributed by atoms with Crippen LogP contribution in [0.5, 0.6) is 0 Å². The second-order valence-corrected chi connectivity index (χ2v) is 4.33. The zero-order valence-electron chi connectivity index (χ0n) is 9.42. The highest BCUT2D eigenvalue weighted by Gasteiger charge is 2.12. The van der Waals surface area contributed by atoms with Crippen molar-refractivity contribution in [1.29, 1.82) is 0 Å². The minimum absolute atomic E-state index is 0.185. The third-order valence-corrected chi connectivity index (χ3v) is 2.61. The molecule has 1 N–H and O–H groups in total. The van der Waals surface area contributed by atoms with Crippen molar-refractivity contribution in [3.8, 4) is 0 Å². The summed E-state index contributed by atoms with van der Waals surface area (Å²) in [6, 6.07) is 1.56. The van der Waals surface area contributed by atoms with E-state index >= 15 is 0 Å². The first kappa shape index (κ1) is 13.0. The van der Waals surface area contributed by atoms with Crippen LogP contribution in [0.3, 0.4) is 0 Å². The van der Waals surface area contributed by atoms with Gasteiger partial charge in [-0.1, -0.05) is 6.92 Å². The maximum absolute atomic E-state index is 11.8. The van der Waals surface area contributed by atoms with Crippen LogP contribution in [-0.2, 0) is 6.54 Å². The van der Waals surface area contributed by atoms with Crippen LogP contribution < -0.4 is 10.9 Å². The first-order valence-electron chi connectivity index (χ1n) is 5.28. The lowest BCUT2D eigenvalue weighted by Gasteiger charge is -2.07. The molecule has 0 aliphatic rings. The molecule has 0 aliphatic carbocycles. The van der Waals surface area contributed by atoms with Gasteiger partial charge in [-0.15, -0.1) is 0 Å². The smallest absolute Gasteiger partial charge is 0.263 e. The molecule has 0 atom stereocenters. The number of nitrogens with one attached hydrogen (secondary N) is 1. The molecule has 0 aromatic carbocycles. The van der Waals surface area contributed by atoms with Gasteiger partial charge in [0.05, 0.1) is 0 Å². The average Bonchev–Trinajstić information content (AvgIpc) is 2.28. The van der Waals surface area contributed by atoms with Crippen molar-refractivity contribution < 1.29 is 4.79 Å². The molecule has 1 aromatic heterocycles. The molecule has 16 heavy (non-hydrogen) atoms. The predicted molar refractivity (Wildman–Crippen MR) is 66.7 cm³/mol. The van der Waals surface area contributed by atoms with Crippen molar-refractivity contribution in [3.05, 3.63) is 32.7 Å². The summed E-state index contributed by atoms with van der Waals surface area (Å²) in [4.78, 5) is 23.5. The number of carbonyl (C=O) groups is 1. The van der Waals surface area contributed by atoms with Crippen molar-refractivity contribution in [3.63, 3.8) is 0 Å². The van der Waals surface area contributed by atoms with Gasteiger partial charge in [-0.2, -0.15) is 0 Å². The van der Waals surface area contributed by atoms with E-state index in [1.807, 2.05) is 13.8 Å². The van der Waals surface area contributed by atoms with Crippen LogP contribution in [0.4, 0.5) is 0 Å². The number of aryl methyl sites for hydroxylation is 1. The van der Waals surface area contributed by atoms with Crippen LogP contribution in [0.15, 0.2) is 21.5 Å². The second-order valence-electron chi connectivity index (χ2n) is 3.42. The third-order valence-electron chi connectivity index (χ3n) is 2.17. The van der Waals surface area contributed by atoms with Gasteiger partial charge in [0, 0.05) is 23.8 Å². The molecular weight excluding hydrogens is 272 g/mol. The Morgan fingerprint density at radius 2 is 2.19 bits per heavy atom. The van der Waals surface area contributed by atoms with Gasteiger partial charge >= 0.3 is 0 Å². The number of aromatic nitrogens is 1. The number of hydrogen-bond acceptors (Lipinski definition) is 2. The lowest BCUT2D eigenvalue weighted by molar-refractivity contribution is 0.0951. The van der Waals surface area contributed by atoms with Gasteiger partial charge in [-0.05, 0) is 35.3 Å². The van der Waals surface area contributed by atoms with Crippen molar-refractivity contribution in [2.24, 2.45) is 0 Å². The fourth-order valence-corrected chi connectivity index (χ4v) is 1.81. The lowest BCUT2D eigenvalue weighted by atomic mass is 10.2. The Kier molecular flexibility index (Phi) is 4.73. The van der Waals surface area contributed by atoms with Gasteiger partial charge in [0.1, 0.15) is 5.56 Å². The summed E-state index contributed by atoms with van der Waals surface area (Å²) in [7, 11) is 0. The highest BCUT2D eigenvalue weighted by molar-refractivity contribution is 9.10. The summed E-state index contributed by atoms with van der Waals surface area (Å²) in [5.74, 6) is -0.310. The largest absolute Gasteiger partial charge is 0.352 e. The molecule has 0 bridgehead atoms. The monoisotopic (exact) mass is 286 g/mol. The zero-order valence-corrected chi connectivity index (χ0v) is 11.0. The lowest BCUT2D eigenvalue weighted by Crippen LogP contribution is -2.33. The van der Waals surface area contributed by atoms with E-state index < -0.39 is 0 Å². The quantitative estimate of drug-likeness (QED) is 0.917. The minimum atomic E-state index is -0.310. The first-order valence-corrected chi connectivity index (χ1v) is 6.07. The Morgan fingerprint density at radius 3 is 2.75 bits per heavy atom. The van der Waals surface area contributed by atoms with E-state index in [1.54, 1.807) is 12.3 Å². The maximum atomic E-state index is 11.8. The van der Waals surface area contributed by atoms with Crippen LogP contribution in [0, 0.1) is 0 Å². The number of carbonyl (C=O) groups excluding carboxylic acids is 1. The van der Waals surface area contributed by atoms with Crippen molar-refractivity contribution in [1.82, 2.24) is 9.88 Å². The Morgan fingerprint density at radius 1 is 1.50 bits per heavy atom. The van der Waals surface area contributed by atoms with Crippen LogP contribution in [-0.4, -0.2) is 17.0 Å². The fourth-order valence-electron chi connectivity index (χ4n) is 1.33. The molecule has 1 aromatic rings. The molecule has 1 heterocycles. The molecule has 0 aliphatic heterocycles. The molecule has 0 saturated heterocycles. The second kappa shape index (κ2) is 5.84. The Balaban J connectivity index is 3.08. The van der Waals surface area contributed by atoms with Crippen LogP contribution in [0.1, 0.15) is 30.6 Å². The Labute approximate surface area is 103 Å². The van der Waals surface area contributed by atoms with Gasteiger partial charge in [0.15, 0.2) is 0 Å². The van der Waals surface area contributed by atoms with Gasteiger partial charge in [-0.3, -0.25) is 9.59 Å². The van der Waals surface area contributed by atoms with E-state index in [1.165, 1.54) is 4.57 Å². The zero-order chi connectivity index (χ0) is 12.1. The molecule has 1 rings (SSSR count). The van der Waals surface area contributed by atoms with Crippen LogP contribution in [0.25, 0.3) is 0 Å². The summed E-state index contributed by atoms with van der Waals surface area (Å²) in [5.41, 5.74) is -0.0658.